The first-order valence-electron chi connectivity index (χ1n) is 6.06. The highest BCUT2D eigenvalue weighted by molar-refractivity contribution is 6.30. The molecule has 0 radical (unpaired) electrons. The third-order valence-corrected chi connectivity index (χ3v) is 2.96. The predicted molar refractivity (Wildman–Crippen MR) is 77.3 cm³/mol. The molecule has 5 nitrogen and oxygen atoms in total. The summed E-state index contributed by atoms with van der Waals surface area (Å²) >= 11 is 5.84. The van der Waals surface area contributed by atoms with Gasteiger partial charge in [0.25, 0.3) is 0 Å². The van der Waals surface area contributed by atoms with Gasteiger partial charge in [0.15, 0.2) is 0 Å². The van der Waals surface area contributed by atoms with Gasteiger partial charge < -0.3 is 10.1 Å². The molecule has 0 heterocycles. The molecule has 0 aromatic heterocycles. The normalized spacial score (nSPS) is 10.4. The van der Waals surface area contributed by atoms with Crippen LogP contribution in [-0.2, 0) is 6.54 Å². The first-order chi connectivity index (χ1) is 10.0. The molecule has 0 aliphatic rings. The molecule has 1 N–H and O–H groups in total. The van der Waals surface area contributed by atoms with Gasteiger partial charge in [-0.2, -0.15) is 0 Å². The number of nitro benzene ring substituents is 1. The van der Waals surface area contributed by atoms with Gasteiger partial charge in [-0.1, -0.05) is 11.6 Å². The SMILES string of the molecule is CNCc1cc(F)ccc1Oc1cc(Cl)ccc1[N+](=O)[O-]. The average Bonchev–Trinajstić information content (AvgIpc) is 2.42. The van der Waals surface area contributed by atoms with Gasteiger partial charge in [-0.15, -0.1) is 0 Å². The summed E-state index contributed by atoms with van der Waals surface area (Å²) in [5, 5.41) is 14.2. The number of ether oxygens (including phenoxy) is 1. The number of nitro groups is 1. The van der Waals surface area contributed by atoms with Crippen LogP contribution in [0.4, 0.5) is 10.1 Å². The summed E-state index contributed by atoms with van der Waals surface area (Å²) in [6.07, 6.45) is 0. The lowest BCUT2D eigenvalue weighted by molar-refractivity contribution is -0.385. The first kappa shape index (κ1) is 15.2. The Labute approximate surface area is 125 Å². The Hall–Kier alpha value is -2.18. The molecule has 0 unspecified atom stereocenters. The van der Waals surface area contributed by atoms with E-state index in [1.54, 1.807) is 7.05 Å². The molecule has 0 saturated carbocycles. The fourth-order valence-corrected chi connectivity index (χ4v) is 1.98. The van der Waals surface area contributed by atoms with E-state index in [0.717, 1.165) is 0 Å². The molecule has 0 aliphatic heterocycles. The zero-order chi connectivity index (χ0) is 15.4. The molecule has 0 fully saturated rings. The van der Waals surface area contributed by atoms with Crippen molar-refractivity contribution in [2.75, 3.05) is 7.05 Å². The summed E-state index contributed by atoms with van der Waals surface area (Å²) in [5.74, 6) is -0.0687. The summed E-state index contributed by atoms with van der Waals surface area (Å²) < 4.78 is 18.8. The van der Waals surface area contributed by atoms with Crippen LogP contribution in [-0.4, -0.2) is 12.0 Å². The number of nitrogens with zero attached hydrogens (tertiary/aromatic N) is 1. The topological polar surface area (TPSA) is 64.4 Å². The predicted octanol–water partition coefficient (Wildman–Crippen LogP) is 3.90. The van der Waals surface area contributed by atoms with Crippen molar-refractivity contribution >= 4 is 17.3 Å². The molecule has 0 aliphatic carbocycles. The van der Waals surface area contributed by atoms with Crippen LogP contribution in [0.1, 0.15) is 5.56 Å². The first-order valence-corrected chi connectivity index (χ1v) is 6.44. The third kappa shape index (κ3) is 3.68. The molecule has 2 aromatic carbocycles. The van der Waals surface area contributed by atoms with Crippen LogP contribution in [0.2, 0.25) is 5.02 Å². The molecule has 0 amide bonds. The maximum Gasteiger partial charge on any atom is 0.311 e. The monoisotopic (exact) mass is 310 g/mol. The number of halogens is 2. The minimum absolute atomic E-state index is 0.0106. The van der Waals surface area contributed by atoms with E-state index < -0.39 is 10.7 Å². The summed E-state index contributed by atoms with van der Waals surface area (Å²) in [7, 11) is 1.70. The molecule has 21 heavy (non-hydrogen) atoms. The van der Waals surface area contributed by atoms with Crippen molar-refractivity contribution in [1.29, 1.82) is 0 Å². The van der Waals surface area contributed by atoms with E-state index in [1.165, 1.54) is 36.4 Å². The largest absolute Gasteiger partial charge is 0.450 e. The van der Waals surface area contributed by atoms with Crippen LogP contribution in [0.3, 0.4) is 0 Å². The number of nitrogens with one attached hydrogen (secondary N) is 1. The lowest BCUT2D eigenvalue weighted by Crippen LogP contribution is -2.07. The van der Waals surface area contributed by atoms with Crippen LogP contribution >= 0.6 is 11.6 Å². The van der Waals surface area contributed by atoms with Gasteiger partial charge in [-0.3, -0.25) is 10.1 Å². The van der Waals surface area contributed by atoms with Gasteiger partial charge in [0.2, 0.25) is 5.75 Å². The summed E-state index contributed by atoms with van der Waals surface area (Å²) in [6.45, 7) is 0.363. The molecule has 2 rings (SSSR count). The Balaban J connectivity index is 2.42. The van der Waals surface area contributed by atoms with Crippen LogP contribution in [0.25, 0.3) is 0 Å². The molecule has 0 bridgehead atoms. The van der Waals surface area contributed by atoms with Crippen molar-refractivity contribution in [3.8, 4) is 11.5 Å². The smallest absolute Gasteiger partial charge is 0.311 e. The van der Waals surface area contributed by atoms with Crippen LogP contribution in [0.15, 0.2) is 36.4 Å². The fourth-order valence-electron chi connectivity index (χ4n) is 1.82. The maximum atomic E-state index is 13.3. The molecule has 7 heteroatoms. The van der Waals surface area contributed by atoms with Gasteiger partial charge in [-0.25, -0.2) is 4.39 Å². The van der Waals surface area contributed by atoms with E-state index in [1.807, 2.05) is 0 Å². The van der Waals surface area contributed by atoms with E-state index in [4.69, 9.17) is 16.3 Å². The third-order valence-electron chi connectivity index (χ3n) is 2.73. The summed E-state index contributed by atoms with van der Waals surface area (Å²) in [4.78, 5) is 10.4. The maximum absolute atomic E-state index is 13.3. The van der Waals surface area contributed by atoms with Gasteiger partial charge in [0.05, 0.1) is 4.92 Å². The zero-order valence-corrected chi connectivity index (χ0v) is 11.9. The summed E-state index contributed by atoms with van der Waals surface area (Å²) in [5.41, 5.74) is 0.339. The highest BCUT2D eigenvalue weighted by Crippen LogP contribution is 2.35. The van der Waals surface area contributed by atoms with E-state index in [0.29, 0.717) is 22.9 Å². The quantitative estimate of drug-likeness (QED) is 0.672. The Morgan fingerprint density at radius 1 is 1.29 bits per heavy atom. The van der Waals surface area contributed by atoms with Crippen molar-refractivity contribution < 1.29 is 14.1 Å². The highest BCUT2D eigenvalue weighted by atomic mass is 35.5. The van der Waals surface area contributed by atoms with Gasteiger partial charge in [0, 0.05) is 29.3 Å². The number of rotatable bonds is 5. The van der Waals surface area contributed by atoms with Crippen molar-refractivity contribution in [2.45, 2.75) is 6.54 Å². The summed E-state index contributed by atoms with van der Waals surface area (Å²) in [6, 6.07) is 7.98. The molecule has 2 aromatic rings. The highest BCUT2D eigenvalue weighted by Gasteiger charge is 2.17. The Kier molecular flexibility index (Phi) is 4.72. The van der Waals surface area contributed by atoms with Crippen molar-refractivity contribution in [3.63, 3.8) is 0 Å². The Bertz CT molecular complexity index is 679. The molecule has 110 valence electrons. The Morgan fingerprint density at radius 3 is 2.71 bits per heavy atom. The standard InChI is InChI=1S/C14H12ClFN2O3/c1-17-8-9-6-11(16)3-5-13(9)21-14-7-10(15)2-4-12(14)18(19)20/h2-7,17H,8H2,1H3. The molecule has 0 spiro atoms. The van der Waals surface area contributed by atoms with Gasteiger partial charge in [-0.05, 0) is 31.3 Å². The minimum atomic E-state index is -0.563. The van der Waals surface area contributed by atoms with Crippen LogP contribution in [0, 0.1) is 15.9 Å². The molecule has 0 saturated heterocycles. The number of benzene rings is 2. The molecular weight excluding hydrogens is 299 g/mol. The second-order valence-electron chi connectivity index (χ2n) is 4.25. The lowest BCUT2D eigenvalue weighted by atomic mass is 10.2. The number of hydrogen-bond donors (Lipinski definition) is 1. The van der Waals surface area contributed by atoms with Crippen LogP contribution in [0.5, 0.6) is 11.5 Å². The lowest BCUT2D eigenvalue weighted by Gasteiger charge is -2.11. The van der Waals surface area contributed by atoms with Crippen molar-refractivity contribution in [1.82, 2.24) is 5.32 Å². The Morgan fingerprint density at radius 2 is 2.05 bits per heavy atom. The van der Waals surface area contributed by atoms with E-state index >= 15 is 0 Å². The molecule has 0 atom stereocenters. The minimum Gasteiger partial charge on any atom is -0.450 e. The second kappa shape index (κ2) is 6.51. The average molecular weight is 311 g/mol. The van der Waals surface area contributed by atoms with Gasteiger partial charge in [0.1, 0.15) is 11.6 Å². The van der Waals surface area contributed by atoms with Crippen LogP contribution < -0.4 is 10.1 Å². The second-order valence-corrected chi connectivity index (χ2v) is 4.69. The van der Waals surface area contributed by atoms with E-state index in [9.17, 15) is 14.5 Å². The van der Waals surface area contributed by atoms with Gasteiger partial charge >= 0.3 is 5.69 Å². The van der Waals surface area contributed by atoms with Crippen molar-refractivity contribution in [3.05, 3.63) is 62.9 Å². The number of hydrogen-bond acceptors (Lipinski definition) is 4. The van der Waals surface area contributed by atoms with E-state index in [-0.39, 0.29) is 11.4 Å². The fraction of sp³-hybridized carbons (Fsp3) is 0.143. The van der Waals surface area contributed by atoms with Crippen molar-refractivity contribution in [2.24, 2.45) is 0 Å². The zero-order valence-electron chi connectivity index (χ0n) is 11.1. The van der Waals surface area contributed by atoms with E-state index in [2.05, 4.69) is 5.32 Å². The molecular formula is C14H12ClFN2O3.